The highest BCUT2D eigenvalue weighted by atomic mass is 32.2. The Bertz CT molecular complexity index is 861. The van der Waals surface area contributed by atoms with E-state index in [9.17, 15) is 4.79 Å². The molecule has 3 aromatic carbocycles. The van der Waals surface area contributed by atoms with Crippen molar-refractivity contribution in [1.29, 1.82) is 0 Å². The van der Waals surface area contributed by atoms with Crippen molar-refractivity contribution in [3.63, 3.8) is 0 Å². The monoisotopic (exact) mass is 377 g/mol. The molecule has 0 radical (unpaired) electrons. The summed E-state index contributed by atoms with van der Waals surface area (Å²) in [4.78, 5) is 15.6. The zero-order valence-electron chi connectivity index (χ0n) is 15.6. The minimum atomic E-state index is 0.0214. The number of methoxy groups -OCH3 is 1. The third-order valence-electron chi connectivity index (χ3n) is 4.28. The van der Waals surface area contributed by atoms with Crippen molar-refractivity contribution in [2.24, 2.45) is 0 Å². The maximum atomic E-state index is 12.7. The predicted molar refractivity (Wildman–Crippen MR) is 111 cm³/mol. The largest absolute Gasteiger partial charge is 0.497 e. The molecule has 0 saturated carbocycles. The average Bonchev–Trinajstić information content (AvgIpc) is 2.73. The maximum absolute atomic E-state index is 12.7. The third kappa shape index (κ3) is 5.38. The van der Waals surface area contributed by atoms with Crippen molar-refractivity contribution >= 4 is 17.7 Å². The van der Waals surface area contributed by atoms with Gasteiger partial charge in [0, 0.05) is 29.8 Å². The third-order valence-corrected chi connectivity index (χ3v) is 5.36. The summed E-state index contributed by atoms with van der Waals surface area (Å²) >= 11 is 1.79. The predicted octanol–water partition coefficient (Wildman–Crippen LogP) is 5.26. The molecule has 0 aromatic heterocycles. The summed E-state index contributed by atoms with van der Waals surface area (Å²) in [6, 6.07) is 26.0. The fraction of sp³-hybridized carbons (Fsp3) is 0.174. The molecule has 0 saturated heterocycles. The van der Waals surface area contributed by atoms with Gasteiger partial charge in [-0.3, -0.25) is 4.79 Å². The minimum Gasteiger partial charge on any atom is -0.497 e. The molecule has 0 heterocycles. The maximum Gasteiger partial charge on any atom is 0.253 e. The lowest BCUT2D eigenvalue weighted by Crippen LogP contribution is -2.26. The summed E-state index contributed by atoms with van der Waals surface area (Å²) in [7, 11) is 3.47. The molecule has 0 spiro atoms. The lowest BCUT2D eigenvalue weighted by molar-refractivity contribution is 0.0785. The number of ether oxygens (including phenoxy) is 1. The molecule has 0 bridgehead atoms. The zero-order valence-corrected chi connectivity index (χ0v) is 16.4. The fourth-order valence-corrected chi connectivity index (χ4v) is 3.60. The van der Waals surface area contributed by atoms with Crippen LogP contribution >= 0.6 is 11.8 Å². The second-order valence-corrected chi connectivity index (χ2v) is 7.36. The van der Waals surface area contributed by atoms with E-state index in [1.165, 1.54) is 10.5 Å². The van der Waals surface area contributed by atoms with E-state index in [0.29, 0.717) is 12.1 Å². The number of hydrogen-bond acceptors (Lipinski definition) is 3. The SMILES string of the molecule is COc1ccc(CN(C)C(=O)c2ccc(CSc3ccccc3)cc2)cc1. The number of benzene rings is 3. The second kappa shape index (κ2) is 9.28. The van der Waals surface area contributed by atoms with E-state index in [1.54, 1.807) is 23.8 Å². The summed E-state index contributed by atoms with van der Waals surface area (Å²) in [5.74, 6) is 1.73. The molecule has 138 valence electrons. The topological polar surface area (TPSA) is 29.5 Å². The van der Waals surface area contributed by atoms with E-state index < -0.39 is 0 Å². The first-order valence-corrected chi connectivity index (χ1v) is 9.79. The highest BCUT2D eigenvalue weighted by Crippen LogP contribution is 2.22. The molecule has 0 unspecified atom stereocenters. The van der Waals surface area contributed by atoms with Gasteiger partial charge < -0.3 is 9.64 Å². The molecule has 0 aliphatic rings. The summed E-state index contributed by atoms with van der Waals surface area (Å²) < 4.78 is 5.17. The molecule has 3 aromatic rings. The van der Waals surface area contributed by atoms with Crippen LogP contribution in [0.5, 0.6) is 5.75 Å². The van der Waals surface area contributed by atoms with Crippen LogP contribution in [0.4, 0.5) is 0 Å². The van der Waals surface area contributed by atoms with E-state index in [-0.39, 0.29) is 5.91 Å². The molecule has 0 aliphatic carbocycles. The van der Waals surface area contributed by atoms with Gasteiger partial charge in [0.2, 0.25) is 0 Å². The van der Waals surface area contributed by atoms with Gasteiger partial charge in [-0.1, -0.05) is 42.5 Å². The number of thioether (sulfide) groups is 1. The molecule has 27 heavy (non-hydrogen) atoms. The molecule has 3 nitrogen and oxygen atoms in total. The van der Waals surface area contributed by atoms with Crippen LogP contribution in [0.25, 0.3) is 0 Å². The quantitative estimate of drug-likeness (QED) is 0.526. The molecule has 0 N–H and O–H groups in total. The van der Waals surface area contributed by atoms with Crippen LogP contribution in [0, 0.1) is 0 Å². The van der Waals surface area contributed by atoms with Gasteiger partial charge in [0.15, 0.2) is 0 Å². The first kappa shape index (κ1) is 19.1. The van der Waals surface area contributed by atoms with Crippen molar-refractivity contribution < 1.29 is 9.53 Å². The van der Waals surface area contributed by atoms with Crippen LogP contribution in [0.1, 0.15) is 21.5 Å². The Morgan fingerprint density at radius 2 is 1.52 bits per heavy atom. The van der Waals surface area contributed by atoms with Gasteiger partial charge in [-0.25, -0.2) is 0 Å². The van der Waals surface area contributed by atoms with Gasteiger partial charge >= 0.3 is 0 Å². The van der Waals surface area contributed by atoms with Crippen molar-refractivity contribution in [3.05, 3.63) is 95.6 Å². The minimum absolute atomic E-state index is 0.0214. The molecule has 0 aliphatic heterocycles. The fourth-order valence-electron chi connectivity index (χ4n) is 2.72. The molecular formula is C23H23NO2S. The summed E-state index contributed by atoms with van der Waals surface area (Å²) in [5, 5.41) is 0. The summed E-state index contributed by atoms with van der Waals surface area (Å²) in [6.45, 7) is 0.564. The molecule has 4 heteroatoms. The number of amides is 1. The number of carbonyl (C=O) groups excluding carboxylic acids is 1. The van der Waals surface area contributed by atoms with Gasteiger partial charge in [0.1, 0.15) is 5.75 Å². The van der Waals surface area contributed by atoms with Gasteiger partial charge in [-0.2, -0.15) is 0 Å². The summed E-state index contributed by atoms with van der Waals surface area (Å²) in [5.41, 5.74) is 2.99. The number of nitrogens with zero attached hydrogens (tertiary/aromatic N) is 1. The van der Waals surface area contributed by atoms with Gasteiger partial charge in [-0.05, 0) is 47.5 Å². The zero-order chi connectivity index (χ0) is 19.1. The van der Waals surface area contributed by atoms with Crippen LogP contribution in [0.15, 0.2) is 83.8 Å². The molecule has 1 amide bonds. The van der Waals surface area contributed by atoms with Gasteiger partial charge in [-0.15, -0.1) is 11.8 Å². The van der Waals surface area contributed by atoms with Crippen molar-refractivity contribution in [2.75, 3.05) is 14.2 Å². The molecule has 0 atom stereocenters. The summed E-state index contributed by atoms with van der Waals surface area (Å²) in [6.07, 6.45) is 0. The van der Waals surface area contributed by atoms with Gasteiger partial charge in [0.25, 0.3) is 5.91 Å². The van der Waals surface area contributed by atoms with E-state index in [1.807, 2.05) is 73.8 Å². The lowest BCUT2D eigenvalue weighted by Gasteiger charge is -2.18. The molecule has 3 rings (SSSR count). The number of hydrogen-bond donors (Lipinski definition) is 0. The highest BCUT2D eigenvalue weighted by molar-refractivity contribution is 7.98. The molecular weight excluding hydrogens is 354 g/mol. The van der Waals surface area contributed by atoms with Crippen LogP contribution in [-0.2, 0) is 12.3 Å². The standard InChI is InChI=1S/C23H23NO2S/c1-24(16-18-10-14-21(26-2)15-11-18)23(25)20-12-8-19(9-13-20)17-27-22-6-4-3-5-7-22/h3-15H,16-17H2,1-2H3. The Kier molecular flexibility index (Phi) is 6.55. The lowest BCUT2D eigenvalue weighted by atomic mass is 10.1. The normalized spacial score (nSPS) is 10.4. The Hall–Kier alpha value is -2.72. The van der Waals surface area contributed by atoms with Crippen molar-refractivity contribution in [2.45, 2.75) is 17.2 Å². The smallest absolute Gasteiger partial charge is 0.253 e. The van der Waals surface area contributed by atoms with Crippen LogP contribution < -0.4 is 4.74 Å². The van der Waals surface area contributed by atoms with Crippen molar-refractivity contribution in [3.8, 4) is 5.75 Å². The Balaban J connectivity index is 1.57. The highest BCUT2D eigenvalue weighted by Gasteiger charge is 2.12. The molecule has 0 fully saturated rings. The van der Waals surface area contributed by atoms with Crippen LogP contribution in [0.3, 0.4) is 0 Å². The van der Waals surface area contributed by atoms with Crippen LogP contribution in [-0.4, -0.2) is 25.0 Å². The van der Waals surface area contributed by atoms with E-state index >= 15 is 0 Å². The average molecular weight is 378 g/mol. The Morgan fingerprint density at radius 3 is 2.15 bits per heavy atom. The van der Waals surface area contributed by atoms with E-state index in [4.69, 9.17) is 4.74 Å². The van der Waals surface area contributed by atoms with E-state index in [0.717, 1.165) is 17.1 Å². The first-order chi connectivity index (χ1) is 13.2. The number of rotatable bonds is 7. The van der Waals surface area contributed by atoms with Gasteiger partial charge in [0.05, 0.1) is 7.11 Å². The van der Waals surface area contributed by atoms with Crippen LogP contribution in [0.2, 0.25) is 0 Å². The Morgan fingerprint density at radius 1 is 0.889 bits per heavy atom. The van der Waals surface area contributed by atoms with E-state index in [2.05, 4.69) is 12.1 Å². The number of carbonyl (C=O) groups is 1. The second-order valence-electron chi connectivity index (χ2n) is 6.31. The first-order valence-electron chi connectivity index (χ1n) is 8.81. The van der Waals surface area contributed by atoms with Crippen molar-refractivity contribution in [1.82, 2.24) is 4.90 Å². The Labute approximate surface area is 165 Å².